The van der Waals surface area contributed by atoms with E-state index in [0.29, 0.717) is 18.0 Å². The van der Waals surface area contributed by atoms with Crippen molar-refractivity contribution in [3.63, 3.8) is 0 Å². The number of aromatic nitrogens is 2. The number of anilines is 1. The summed E-state index contributed by atoms with van der Waals surface area (Å²) in [4.78, 5) is 32.4. The molecular weight excluding hydrogens is 398 g/mol. The normalized spacial score (nSPS) is 21.2. The summed E-state index contributed by atoms with van der Waals surface area (Å²) in [5.41, 5.74) is 3.09. The van der Waals surface area contributed by atoms with Gasteiger partial charge >= 0.3 is 5.69 Å². The summed E-state index contributed by atoms with van der Waals surface area (Å²) in [5.74, 6) is 1.63. The second-order valence-electron chi connectivity index (χ2n) is 8.32. The first-order valence-corrected chi connectivity index (χ1v) is 10.6. The zero-order valence-corrected chi connectivity index (χ0v) is 17.4. The van der Waals surface area contributed by atoms with Gasteiger partial charge in [-0.1, -0.05) is 0 Å². The molecule has 0 bridgehead atoms. The number of carbonyl (C=O) groups is 1. The predicted octanol–water partition coefficient (Wildman–Crippen LogP) is -1.10. The quantitative estimate of drug-likeness (QED) is 0.358. The summed E-state index contributed by atoms with van der Waals surface area (Å²) >= 11 is 0. The van der Waals surface area contributed by atoms with Crippen molar-refractivity contribution in [1.29, 1.82) is 0 Å². The van der Waals surface area contributed by atoms with Gasteiger partial charge in [0.15, 0.2) is 17.5 Å². The second kappa shape index (κ2) is 8.09. The second-order valence-corrected chi connectivity index (χ2v) is 8.32. The molecule has 162 valence electrons. The number of H-pyrrole nitrogens is 2. The van der Waals surface area contributed by atoms with Crippen LogP contribution >= 0.6 is 0 Å². The number of ether oxygens (including phenoxy) is 2. The summed E-state index contributed by atoms with van der Waals surface area (Å²) in [7, 11) is 0. The number of aromatic amines is 2. The van der Waals surface area contributed by atoms with Crippen molar-refractivity contribution in [2.45, 2.75) is 19.5 Å². The van der Waals surface area contributed by atoms with Crippen molar-refractivity contribution < 1.29 is 24.1 Å². The highest BCUT2D eigenvalue weighted by Gasteiger charge is 2.31. The molecule has 3 aromatic rings. The minimum Gasteiger partial charge on any atom is -0.454 e. The third-order valence-corrected chi connectivity index (χ3v) is 6.28. The number of hydrogen-bond donors (Lipinski definition) is 5. The van der Waals surface area contributed by atoms with Gasteiger partial charge < -0.3 is 34.6 Å². The van der Waals surface area contributed by atoms with Gasteiger partial charge in [0.2, 0.25) is 6.79 Å². The molecule has 5 rings (SSSR count). The van der Waals surface area contributed by atoms with Crippen molar-refractivity contribution in [2.24, 2.45) is 0 Å². The fourth-order valence-electron chi connectivity index (χ4n) is 4.42. The molecule has 2 aromatic carbocycles. The summed E-state index contributed by atoms with van der Waals surface area (Å²) in [6, 6.07) is 11.4. The molecule has 1 amide bonds. The van der Waals surface area contributed by atoms with Gasteiger partial charge in [-0.15, -0.1) is 0 Å². The maximum Gasteiger partial charge on any atom is 0.323 e. The van der Waals surface area contributed by atoms with Gasteiger partial charge in [0.05, 0.1) is 11.0 Å². The Kier molecular flexibility index (Phi) is 5.13. The Morgan fingerprint density at radius 1 is 1.03 bits per heavy atom. The third kappa shape index (κ3) is 4.14. The van der Waals surface area contributed by atoms with E-state index >= 15 is 0 Å². The van der Waals surface area contributed by atoms with E-state index in [1.807, 2.05) is 13.0 Å². The third-order valence-electron chi connectivity index (χ3n) is 6.28. The van der Waals surface area contributed by atoms with Gasteiger partial charge in [-0.3, -0.25) is 4.79 Å². The fourth-order valence-corrected chi connectivity index (χ4v) is 4.42. The number of quaternary nitrogens is 2. The molecule has 9 nitrogen and oxygen atoms in total. The molecular formula is C22H27N5O4+2. The summed E-state index contributed by atoms with van der Waals surface area (Å²) in [6.45, 7) is 7.13. The minimum atomic E-state index is -0.252. The maximum atomic E-state index is 12.8. The first kappa shape index (κ1) is 19.7. The molecule has 1 atom stereocenters. The van der Waals surface area contributed by atoms with Gasteiger partial charge in [0, 0.05) is 11.3 Å². The number of nitrogens with one attached hydrogen (secondary N) is 5. The Morgan fingerprint density at radius 3 is 2.65 bits per heavy atom. The SMILES string of the molecule is C[C@@H](C(=O)Nc1ccc2[nH]c(=O)[nH]c2c1)[NH+]1CC[NH+](Cc2ccc3c(c2)OCO3)CC1. The van der Waals surface area contributed by atoms with E-state index in [2.05, 4.69) is 27.4 Å². The lowest BCUT2D eigenvalue weighted by molar-refractivity contribution is -1.02. The fraction of sp³-hybridized carbons (Fsp3) is 0.364. The van der Waals surface area contributed by atoms with Gasteiger partial charge in [-0.2, -0.15) is 0 Å². The highest BCUT2D eigenvalue weighted by atomic mass is 16.7. The monoisotopic (exact) mass is 425 g/mol. The Labute approximate surface area is 178 Å². The van der Waals surface area contributed by atoms with Gasteiger partial charge in [0.1, 0.15) is 32.7 Å². The zero-order valence-electron chi connectivity index (χ0n) is 17.4. The Bertz CT molecular complexity index is 1160. The van der Waals surface area contributed by atoms with Crippen LogP contribution in [0.1, 0.15) is 12.5 Å². The Morgan fingerprint density at radius 2 is 1.81 bits per heavy atom. The van der Waals surface area contributed by atoms with Crippen molar-refractivity contribution in [3.05, 3.63) is 52.4 Å². The topological polar surface area (TPSA) is 105 Å². The molecule has 0 radical (unpaired) electrons. The summed E-state index contributed by atoms with van der Waals surface area (Å²) in [5, 5.41) is 2.99. The number of piperazine rings is 1. The van der Waals surface area contributed by atoms with E-state index < -0.39 is 0 Å². The van der Waals surface area contributed by atoms with E-state index in [1.165, 1.54) is 15.4 Å². The number of carbonyl (C=O) groups excluding carboxylic acids is 1. The Balaban J connectivity index is 1.15. The maximum absolute atomic E-state index is 12.8. The Hall–Kier alpha value is -3.30. The first-order valence-electron chi connectivity index (χ1n) is 10.6. The molecule has 0 aliphatic carbocycles. The number of fused-ring (bicyclic) bond motifs is 2. The van der Waals surface area contributed by atoms with Gasteiger partial charge in [0.25, 0.3) is 5.91 Å². The number of hydrogen-bond acceptors (Lipinski definition) is 4. The van der Waals surface area contributed by atoms with E-state index in [-0.39, 0.29) is 17.6 Å². The lowest BCUT2D eigenvalue weighted by Gasteiger charge is -2.32. The van der Waals surface area contributed by atoms with Crippen LogP contribution in [0.5, 0.6) is 11.5 Å². The van der Waals surface area contributed by atoms with E-state index in [9.17, 15) is 9.59 Å². The standard InChI is InChI=1S/C22H25N5O4/c1-14(21(28)23-16-3-4-17-18(11-16)25-22(29)24-17)27-8-6-26(7-9-27)12-15-2-5-19-20(10-15)31-13-30-19/h2-5,10-11,14H,6-9,12-13H2,1H3,(H,23,28)(H2,24,25,29)/p+2/t14-/m0/s1. The zero-order chi connectivity index (χ0) is 21.4. The number of rotatable bonds is 5. The average molecular weight is 425 g/mol. The van der Waals surface area contributed by atoms with E-state index in [4.69, 9.17) is 9.47 Å². The van der Waals surface area contributed by atoms with E-state index in [1.54, 1.807) is 18.2 Å². The summed E-state index contributed by atoms with van der Waals surface area (Å²) in [6.07, 6.45) is 0. The van der Waals surface area contributed by atoms with Crippen LogP contribution in [0.3, 0.4) is 0 Å². The van der Waals surface area contributed by atoms with Crippen molar-refractivity contribution in [2.75, 3.05) is 38.3 Å². The van der Waals surface area contributed by atoms with Crippen LogP contribution in [0.2, 0.25) is 0 Å². The van der Waals surface area contributed by atoms with Crippen LogP contribution < -0.4 is 30.3 Å². The molecule has 3 heterocycles. The molecule has 9 heteroatoms. The first-order chi connectivity index (χ1) is 15.0. The molecule has 0 unspecified atom stereocenters. The molecule has 2 aliphatic heterocycles. The molecule has 2 aliphatic rings. The van der Waals surface area contributed by atoms with Crippen molar-refractivity contribution in [1.82, 2.24) is 9.97 Å². The highest BCUT2D eigenvalue weighted by molar-refractivity contribution is 5.95. The minimum absolute atomic E-state index is 0.00791. The van der Waals surface area contributed by atoms with Crippen LogP contribution in [-0.4, -0.2) is 54.9 Å². The molecule has 1 aromatic heterocycles. The highest BCUT2D eigenvalue weighted by Crippen LogP contribution is 2.32. The van der Waals surface area contributed by atoms with Crippen molar-refractivity contribution in [3.8, 4) is 11.5 Å². The van der Waals surface area contributed by atoms with Crippen LogP contribution in [0.15, 0.2) is 41.2 Å². The molecule has 1 saturated heterocycles. The van der Waals surface area contributed by atoms with Crippen LogP contribution in [0.25, 0.3) is 11.0 Å². The van der Waals surface area contributed by atoms with Gasteiger partial charge in [-0.05, 0) is 43.3 Å². The number of benzene rings is 2. The lowest BCUT2D eigenvalue weighted by Crippen LogP contribution is -3.29. The molecule has 0 saturated carbocycles. The smallest absolute Gasteiger partial charge is 0.323 e. The van der Waals surface area contributed by atoms with E-state index in [0.717, 1.165) is 49.7 Å². The largest absolute Gasteiger partial charge is 0.454 e. The summed E-state index contributed by atoms with van der Waals surface area (Å²) < 4.78 is 10.9. The predicted molar refractivity (Wildman–Crippen MR) is 115 cm³/mol. The number of amides is 1. The lowest BCUT2D eigenvalue weighted by atomic mass is 10.1. The van der Waals surface area contributed by atoms with Crippen molar-refractivity contribution >= 4 is 22.6 Å². The van der Waals surface area contributed by atoms with Crippen LogP contribution in [0, 0.1) is 0 Å². The van der Waals surface area contributed by atoms with Crippen LogP contribution in [0.4, 0.5) is 5.69 Å². The average Bonchev–Trinajstić information content (AvgIpc) is 3.38. The number of imidazole rings is 1. The molecule has 0 spiro atoms. The molecule has 31 heavy (non-hydrogen) atoms. The van der Waals surface area contributed by atoms with Crippen LogP contribution in [-0.2, 0) is 11.3 Å². The molecule has 1 fully saturated rings. The van der Waals surface area contributed by atoms with Gasteiger partial charge in [-0.25, -0.2) is 4.79 Å². The molecule has 5 N–H and O–H groups in total.